The van der Waals surface area contributed by atoms with Crippen LogP contribution in [-0.2, 0) is 5.54 Å². The molecule has 2 rings (SSSR count). The van der Waals surface area contributed by atoms with Crippen molar-refractivity contribution in [3.05, 3.63) is 22.5 Å². The lowest BCUT2D eigenvalue weighted by Crippen LogP contribution is -2.22. The van der Waals surface area contributed by atoms with E-state index in [0.717, 1.165) is 0 Å². The highest BCUT2D eigenvalue weighted by atomic mass is 16.1. The van der Waals surface area contributed by atoms with E-state index in [-0.39, 0.29) is 11.1 Å². The molecule has 0 unspecified atom stereocenters. The molecule has 0 saturated carbocycles. The van der Waals surface area contributed by atoms with Gasteiger partial charge in [-0.05, 0) is 27.7 Å². The Hall–Kier alpha value is -1.65. The number of hydrogen-bond donors (Lipinski definition) is 1. The fourth-order valence-corrected chi connectivity index (χ4v) is 1.51. The van der Waals surface area contributed by atoms with Crippen LogP contribution in [0, 0.1) is 6.92 Å². The second kappa shape index (κ2) is 2.92. The van der Waals surface area contributed by atoms with Crippen molar-refractivity contribution < 1.29 is 0 Å². The lowest BCUT2D eigenvalue weighted by molar-refractivity contribution is 0.406. The first-order valence-corrected chi connectivity index (χ1v) is 4.84. The Morgan fingerprint density at radius 1 is 1.40 bits per heavy atom. The first-order valence-electron chi connectivity index (χ1n) is 4.84. The van der Waals surface area contributed by atoms with Gasteiger partial charge >= 0.3 is 0 Å². The summed E-state index contributed by atoms with van der Waals surface area (Å²) >= 11 is 0. The normalized spacial score (nSPS) is 12.3. The Bertz CT molecular complexity index is 559. The highest BCUT2D eigenvalue weighted by Gasteiger charge is 2.18. The predicted octanol–water partition coefficient (Wildman–Crippen LogP) is 1.18. The van der Waals surface area contributed by atoms with E-state index in [1.54, 1.807) is 13.3 Å². The molecule has 0 aliphatic rings. The molecule has 5 heteroatoms. The number of hydrogen-bond acceptors (Lipinski definition) is 3. The zero-order chi connectivity index (χ0) is 11.2. The molecular weight excluding hydrogens is 192 g/mol. The molecule has 0 atom stereocenters. The van der Waals surface area contributed by atoms with Crippen LogP contribution in [0.25, 0.3) is 11.2 Å². The molecule has 0 radical (unpaired) electrons. The maximum absolute atomic E-state index is 11.6. The summed E-state index contributed by atoms with van der Waals surface area (Å²) in [6, 6.07) is 0. The average molecular weight is 206 g/mol. The fraction of sp³-hybridized carbons (Fsp3) is 0.500. The Morgan fingerprint density at radius 3 is 2.67 bits per heavy atom. The molecule has 0 fully saturated rings. The molecule has 1 N–H and O–H groups in total. The van der Waals surface area contributed by atoms with E-state index in [0.29, 0.717) is 17.0 Å². The van der Waals surface area contributed by atoms with Crippen molar-refractivity contribution >= 4 is 11.2 Å². The third kappa shape index (κ3) is 1.54. The molecule has 15 heavy (non-hydrogen) atoms. The van der Waals surface area contributed by atoms with Crippen molar-refractivity contribution in [1.82, 2.24) is 19.5 Å². The first-order chi connectivity index (χ1) is 6.89. The van der Waals surface area contributed by atoms with Gasteiger partial charge in [0.25, 0.3) is 5.56 Å². The molecular formula is C10H14N4O. The van der Waals surface area contributed by atoms with E-state index >= 15 is 0 Å². The number of aromatic amines is 1. The molecule has 0 amide bonds. The van der Waals surface area contributed by atoms with Crippen molar-refractivity contribution in [1.29, 1.82) is 0 Å². The number of nitrogens with zero attached hydrogens (tertiary/aromatic N) is 3. The van der Waals surface area contributed by atoms with Gasteiger partial charge in [0.15, 0.2) is 11.2 Å². The second-order valence-electron chi connectivity index (χ2n) is 4.61. The van der Waals surface area contributed by atoms with Gasteiger partial charge in [-0.1, -0.05) is 0 Å². The van der Waals surface area contributed by atoms with E-state index in [1.807, 2.05) is 25.3 Å². The minimum Gasteiger partial charge on any atom is -0.310 e. The van der Waals surface area contributed by atoms with Crippen LogP contribution in [-0.4, -0.2) is 19.5 Å². The average Bonchev–Trinajstić information content (AvgIpc) is 2.45. The molecule has 2 aromatic rings. The maximum Gasteiger partial charge on any atom is 0.279 e. The van der Waals surface area contributed by atoms with E-state index in [1.165, 1.54) is 0 Å². The van der Waals surface area contributed by atoms with Gasteiger partial charge in [0.2, 0.25) is 0 Å². The van der Waals surface area contributed by atoms with Gasteiger partial charge in [0.1, 0.15) is 5.82 Å². The molecule has 5 nitrogen and oxygen atoms in total. The highest BCUT2D eigenvalue weighted by molar-refractivity contribution is 5.69. The molecule has 2 aromatic heterocycles. The Kier molecular flexibility index (Phi) is 1.92. The molecule has 0 aromatic carbocycles. The minimum atomic E-state index is -0.180. The number of aromatic nitrogens is 4. The summed E-state index contributed by atoms with van der Waals surface area (Å²) in [6.45, 7) is 7.91. The van der Waals surface area contributed by atoms with E-state index in [4.69, 9.17) is 0 Å². The third-order valence-electron chi connectivity index (χ3n) is 2.25. The number of rotatable bonds is 0. The summed E-state index contributed by atoms with van der Waals surface area (Å²) in [5.41, 5.74) is 0.738. The standard InChI is InChI=1S/C10H14N4O/c1-6-12-8-7(9(15)13-6)11-5-14(8)10(2,3)4/h5H,1-4H3,(H,12,13,15). The van der Waals surface area contributed by atoms with Gasteiger partial charge < -0.3 is 9.55 Å². The third-order valence-corrected chi connectivity index (χ3v) is 2.25. The number of nitrogens with one attached hydrogen (secondary N) is 1. The zero-order valence-corrected chi connectivity index (χ0v) is 9.33. The monoisotopic (exact) mass is 206 g/mol. The van der Waals surface area contributed by atoms with Crippen LogP contribution in [0.15, 0.2) is 11.1 Å². The van der Waals surface area contributed by atoms with Crippen LogP contribution >= 0.6 is 0 Å². The lowest BCUT2D eigenvalue weighted by atomic mass is 10.1. The quantitative estimate of drug-likeness (QED) is 0.704. The zero-order valence-electron chi connectivity index (χ0n) is 9.33. The molecule has 0 aliphatic carbocycles. The lowest BCUT2D eigenvalue weighted by Gasteiger charge is -2.20. The summed E-state index contributed by atoms with van der Waals surface area (Å²) in [5.74, 6) is 0.610. The maximum atomic E-state index is 11.6. The summed E-state index contributed by atoms with van der Waals surface area (Å²) < 4.78 is 1.91. The summed E-state index contributed by atoms with van der Waals surface area (Å²) in [7, 11) is 0. The minimum absolute atomic E-state index is 0.123. The van der Waals surface area contributed by atoms with E-state index < -0.39 is 0 Å². The van der Waals surface area contributed by atoms with Gasteiger partial charge in [0, 0.05) is 5.54 Å². The van der Waals surface area contributed by atoms with E-state index in [9.17, 15) is 4.79 Å². The van der Waals surface area contributed by atoms with Crippen molar-refractivity contribution in [3.8, 4) is 0 Å². The van der Waals surface area contributed by atoms with Crippen LogP contribution in [0.4, 0.5) is 0 Å². The predicted molar refractivity (Wildman–Crippen MR) is 57.9 cm³/mol. The van der Waals surface area contributed by atoms with Crippen LogP contribution < -0.4 is 5.56 Å². The molecule has 2 heterocycles. The second-order valence-corrected chi connectivity index (χ2v) is 4.61. The largest absolute Gasteiger partial charge is 0.310 e. The summed E-state index contributed by atoms with van der Waals surface area (Å²) in [6.07, 6.45) is 1.66. The number of H-pyrrole nitrogens is 1. The van der Waals surface area contributed by atoms with Gasteiger partial charge in [-0.15, -0.1) is 0 Å². The highest BCUT2D eigenvalue weighted by Crippen LogP contribution is 2.18. The number of imidazole rings is 1. The Labute approximate surface area is 87.2 Å². The summed E-state index contributed by atoms with van der Waals surface area (Å²) in [4.78, 5) is 22.6. The van der Waals surface area contributed by atoms with E-state index in [2.05, 4.69) is 15.0 Å². The number of aryl methyl sites for hydroxylation is 1. The molecule has 0 bridgehead atoms. The molecule has 0 spiro atoms. The van der Waals surface area contributed by atoms with Gasteiger partial charge in [-0.2, -0.15) is 0 Å². The topological polar surface area (TPSA) is 63.6 Å². The van der Waals surface area contributed by atoms with Crippen molar-refractivity contribution in [3.63, 3.8) is 0 Å². The van der Waals surface area contributed by atoms with Crippen LogP contribution in [0.3, 0.4) is 0 Å². The van der Waals surface area contributed by atoms with Gasteiger partial charge in [-0.25, -0.2) is 9.97 Å². The SMILES string of the molecule is Cc1nc2c(ncn2C(C)(C)C)c(=O)[nH]1. The Morgan fingerprint density at radius 2 is 2.07 bits per heavy atom. The molecule has 0 saturated heterocycles. The molecule has 0 aliphatic heterocycles. The van der Waals surface area contributed by atoms with Crippen molar-refractivity contribution in [2.45, 2.75) is 33.2 Å². The smallest absolute Gasteiger partial charge is 0.279 e. The van der Waals surface area contributed by atoms with Crippen molar-refractivity contribution in [2.75, 3.05) is 0 Å². The van der Waals surface area contributed by atoms with Crippen LogP contribution in [0.1, 0.15) is 26.6 Å². The number of fused-ring (bicyclic) bond motifs is 1. The van der Waals surface area contributed by atoms with Crippen LogP contribution in [0.5, 0.6) is 0 Å². The first kappa shape index (κ1) is 9.89. The summed E-state index contributed by atoms with van der Waals surface area (Å²) in [5, 5.41) is 0. The van der Waals surface area contributed by atoms with Crippen LogP contribution in [0.2, 0.25) is 0 Å². The van der Waals surface area contributed by atoms with Gasteiger partial charge in [0.05, 0.1) is 6.33 Å². The molecule has 80 valence electrons. The Balaban J connectivity index is 2.86. The van der Waals surface area contributed by atoms with Gasteiger partial charge in [-0.3, -0.25) is 4.79 Å². The van der Waals surface area contributed by atoms with Crippen molar-refractivity contribution in [2.24, 2.45) is 0 Å². The fourth-order valence-electron chi connectivity index (χ4n) is 1.51.